The minimum absolute atomic E-state index is 0.0602. The number of carbonyl (C=O) groups is 1. The van der Waals surface area contributed by atoms with Crippen LogP contribution in [0.3, 0.4) is 0 Å². The second-order valence-corrected chi connectivity index (χ2v) is 9.59. The monoisotopic (exact) mass is 527 g/mol. The Morgan fingerprint density at radius 2 is 1.51 bits per heavy atom. The Hall–Kier alpha value is -4.18. The van der Waals surface area contributed by atoms with Crippen molar-refractivity contribution in [1.82, 2.24) is 0 Å². The number of benzene rings is 4. The van der Waals surface area contributed by atoms with Crippen LogP contribution in [0.1, 0.15) is 27.0 Å². The molecule has 0 aliphatic carbocycles. The maximum Gasteiger partial charge on any atom is 0.416 e. The van der Waals surface area contributed by atoms with Gasteiger partial charge < -0.3 is 4.74 Å². The molecular weight excluding hydrogens is 507 g/mol. The van der Waals surface area contributed by atoms with Gasteiger partial charge in [0.15, 0.2) is 5.71 Å². The number of oxime groups is 1. The van der Waals surface area contributed by atoms with Gasteiger partial charge in [-0.05, 0) is 48.2 Å². The SMILES string of the molecule is COc1ccc(C(=O)/C(=N/OS(=O)(=O)c2cc(C)cc(C(F)(F)F)c2)c2ccccc2)c2ccccc12. The molecule has 37 heavy (non-hydrogen) atoms. The lowest BCUT2D eigenvalue weighted by Gasteiger charge is -2.12. The van der Waals surface area contributed by atoms with Crippen molar-refractivity contribution >= 4 is 32.4 Å². The van der Waals surface area contributed by atoms with E-state index in [0.717, 1.165) is 12.1 Å². The van der Waals surface area contributed by atoms with Crippen LogP contribution in [0.25, 0.3) is 10.8 Å². The molecule has 0 aliphatic heterocycles. The fraction of sp³-hybridized carbons (Fsp3) is 0.111. The van der Waals surface area contributed by atoms with Crippen molar-refractivity contribution in [2.75, 3.05) is 7.11 Å². The van der Waals surface area contributed by atoms with E-state index in [0.29, 0.717) is 22.6 Å². The lowest BCUT2D eigenvalue weighted by Crippen LogP contribution is -2.18. The van der Waals surface area contributed by atoms with Gasteiger partial charge in [-0.15, -0.1) is 0 Å². The summed E-state index contributed by atoms with van der Waals surface area (Å²) in [6.45, 7) is 1.32. The zero-order chi connectivity index (χ0) is 26.8. The number of hydrogen-bond acceptors (Lipinski definition) is 6. The molecule has 0 fully saturated rings. The van der Waals surface area contributed by atoms with Gasteiger partial charge in [0.1, 0.15) is 10.6 Å². The molecule has 0 saturated heterocycles. The first-order valence-electron chi connectivity index (χ1n) is 10.9. The largest absolute Gasteiger partial charge is 0.496 e. The number of ether oxygens (including phenoxy) is 1. The standard InChI is InChI=1S/C27H20F3NO5S/c1-17-14-19(27(28,29)30)16-20(15-17)37(33,34)36-31-25(18-8-4-3-5-9-18)26(32)23-12-13-24(35-2)22-11-7-6-10-21(22)23/h3-16H,1-2H3/b31-25+. The van der Waals surface area contributed by atoms with Crippen LogP contribution in [-0.2, 0) is 20.6 Å². The minimum atomic E-state index is -4.80. The number of nitrogens with zero attached hydrogens (tertiary/aromatic N) is 1. The average molecular weight is 528 g/mol. The zero-order valence-corrected chi connectivity index (χ0v) is 20.4. The fourth-order valence-electron chi connectivity index (χ4n) is 3.78. The Morgan fingerprint density at radius 3 is 2.16 bits per heavy atom. The second kappa shape index (κ2) is 10.1. The smallest absolute Gasteiger partial charge is 0.416 e. The van der Waals surface area contributed by atoms with Crippen LogP contribution in [0.15, 0.2) is 95.0 Å². The summed E-state index contributed by atoms with van der Waals surface area (Å²) in [6, 6.07) is 20.4. The molecule has 4 rings (SSSR count). The van der Waals surface area contributed by atoms with Crippen LogP contribution in [0.2, 0.25) is 0 Å². The third-order valence-corrected chi connectivity index (χ3v) is 6.59. The van der Waals surface area contributed by atoms with Gasteiger partial charge in [0.25, 0.3) is 0 Å². The molecule has 0 aromatic heterocycles. The molecule has 0 bridgehead atoms. The number of aryl methyl sites for hydroxylation is 1. The predicted molar refractivity (Wildman–Crippen MR) is 132 cm³/mol. The first kappa shape index (κ1) is 25.9. The van der Waals surface area contributed by atoms with Crippen LogP contribution in [0.5, 0.6) is 5.75 Å². The molecule has 4 aromatic carbocycles. The van der Waals surface area contributed by atoms with E-state index < -0.39 is 32.5 Å². The molecule has 0 amide bonds. The molecule has 0 aliphatic rings. The fourth-order valence-corrected chi connectivity index (χ4v) is 4.64. The summed E-state index contributed by atoms with van der Waals surface area (Å²) in [6.07, 6.45) is -4.76. The maximum atomic E-state index is 13.7. The van der Waals surface area contributed by atoms with Crippen LogP contribution in [-0.4, -0.2) is 27.0 Å². The van der Waals surface area contributed by atoms with Crippen molar-refractivity contribution in [2.24, 2.45) is 5.16 Å². The molecule has 0 atom stereocenters. The van der Waals surface area contributed by atoms with Gasteiger partial charge in [-0.3, -0.25) is 9.08 Å². The minimum Gasteiger partial charge on any atom is -0.496 e. The molecule has 10 heteroatoms. The number of fused-ring (bicyclic) bond motifs is 1. The highest BCUT2D eigenvalue weighted by atomic mass is 32.2. The van der Waals surface area contributed by atoms with E-state index in [-0.39, 0.29) is 22.4 Å². The Kier molecular flexibility index (Phi) is 7.04. The Bertz CT molecular complexity index is 1610. The molecular formula is C27H20F3NO5S. The van der Waals surface area contributed by atoms with Gasteiger partial charge in [-0.2, -0.15) is 21.6 Å². The summed E-state index contributed by atoms with van der Waals surface area (Å²) < 4.78 is 75.5. The Morgan fingerprint density at radius 1 is 0.865 bits per heavy atom. The Balaban J connectivity index is 1.81. The zero-order valence-electron chi connectivity index (χ0n) is 19.6. The molecule has 4 aromatic rings. The number of ketones is 1. The number of carbonyl (C=O) groups excluding carboxylic acids is 1. The number of hydrogen-bond donors (Lipinski definition) is 0. The van der Waals surface area contributed by atoms with Gasteiger partial charge in [0.2, 0.25) is 5.78 Å². The van der Waals surface area contributed by atoms with Gasteiger partial charge in [0.05, 0.1) is 12.7 Å². The van der Waals surface area contributed by atoms with Gasteiger partial charge >= 0.3 is 16.3 Å². The first-order chi connectivity index (χ1) is 17.5. The maximum absolute atomic E-state index is 13.7. The van der Waals surface area contributed by atoms with E-state index in [9.17, 15) is 26.4 Å². The van der Waals surface area contributed by atoms with Crippen LogP contribution < -0.4 is 4.74 Å². The molecule has 6 nitrogen and oxygen atoms in total. The number of methoxy groups -OCH3 is 1. The summed E-state index contributed by atoms with van der Waals surface area (Å²) in [7, 11) is -3.30. The lowest BCUT2D eigenvalue weighted by molar-refractivity contribution is -0.137. The third-order valence-electron chi connectivity index (χ3n) is 5.50. The summed E-state index contributed by atoms with van der Waals surface area (Å²) in [4.78, 5) is 12.9. The summed E-state index contributed by atoms with van der Waals surface area (Å²) >= 11 is 0. The first-order valence-corrected chi connectivity index (χ1v) is 12.3. The van der Waals surface area contributed by atoms with Gasteiger partial charge in [-0.1, -0.05) is 59.8 Å². The average Bonchev–Trinajstić information content (AvgIpc) is 2.87. The molecule has 0 spiro atoms. The molecule has 190 valence electrons. The molecule has 0 N–H and O–H groups in total. The number of alkyl halides is 3. The van der Waals surface area contributed by atoms with Gasteiger partial charge in [0, 0.05) is 16.5 Å². The van der Waals surface area contributed by atoms with E-state index in [1.165, 1.54) is 32.2 Å². The van der Waals surface area contributed by atoms with E-state index >= 15 is 0 Å². The third kappa shape index (κ3) is 5.49. The van der Waals surface area contributed by atoms with Crippen molar-refractivity contribution in [2.45, 2.75) is 18.0 Å². The van der Waals surface area contributed by atoms with Crippen molar-refractivity contribution in [3.8, 4) is 5.75 Å². The van der Waals surface area contributed by atoms with Crippen LogP contribution in [0, 0.1) is 6.92 Å². The molecule has 0 heterocycles. The molecule has 0 radical (unpaired) electrons. The molecule has 0 unspecified atom stereocenters. The van der Waals surface area contributed by atoms with Crippen LogP contribution >= 0.6 is 0 Å². The van der Waals surface area contributed by atoms with Crippen molar-refractivity contribution in [1.29, 1.82) is 0 Å². The highest BCUT2D eigenvalue weighted by molar-refractivity contribution is 7.86. The van der Waals surface area contributed by atoms with Crippen molar-refractivity contribution in [3.05, 3.63) is 107 Å². The van der Waals surface area contributed by atoms with Crippen molar-refractivity contribution in [3.63, 3.8) is 0 Å². The quantitative estimate of drug-likeness (QED) is 0.163. The Labute approximate surface area is 211 Å². The van der Waals surface area contributed by atoms with Crippen molar-refractivity contribution < 1.29 is 35.4 Å². The summed E-state index contributed by atoms with van der Waals surface area (Å²) in [5, 5.41) is 4.84. The molecule has 0 saturated carbocycles. The van der Waals surface area contributed by atoms with Crippen LogP contribution in [0.4, 0.5) is 13.2 Å². The highest BCUT2D eigenvalue weighted by Crippen LogP contribution is 2.32. The normalized spacial score (nSPS) is 12.4. The number of Topliss-reactive ketones (excluding diaryl/α,β-unsaturated/α-hetero) is 1. The van der Waals surface area contributed by atoms with E-state index in [1.807, 2.05) is 0 Å². The number of rotatable bonds is 7. The topological polar surface area (TPSA) is 82.0 Å². The highest BCUT2D eigenvalue weighted by Gasteiger charge is 2.33. The number of halogens is 3. The van der Waals surface area contributed by atoms with E-state index in [4.69, 9.17) is 9.02 Å². The van der Waals surface area contributed by atoms with E-state index in [1.54, 1.807) is 48.5 Å². The van der Waals surface area contributed by atoms with E-state index in [2.05, 4.69) is 5.16 Å². The second-order valence-electron chi connectivity index (χ2n) is 8.06. The lowest BCUT2D eigenvalue weighted by atomic mass is 9.95. The predicted octanol–water partition coefficient (Wildman–Crippen LogP) is 6.17. The summed E-state index contributed by atoms with van der Waals surface area (Å²) in [5.74, 6) is -0.121. The van der Waals surface area contributed by atoms with Gasteiger partial charge in [-0.25, -0.2) is 0 Å². The summed E-state index contributed by atoms with van der Waals surface area (Å²) in [5.41, 5.74) is -0.978.